The number of anilines is 6. The van der Waals surface area contributed by atoms with Gasteiger partial charge in [-0.1, -0.05) is 146 Å². The molecule has 0 saturated heterocycles. The molecule has 344 valence electrons. The van der Waals surface area contributed by atoms with Crippen molar-refractivity contribution >= 4 is 50.1 Å². The summed E-state index contributed by atoms with van der Waals surface area (Å²) in [5, 5.41) is 0. The van der Waals surface area contributed by atoms with Gasteiger partial charge in [0, 0.05) is 32.9 Å². The fourth-order valence-corrected chi connectivity index (χ4v) is 14.1. The largest absolute Gasteiger partial charge is 0.310 e. The summed E-state index contributed by atoms with van der Waals surface area (Å²) in [7, 11) is 0. The standard InChI is InChI=1S/C62H79BrN2/c1-56(2,3)42-20-27-49(28-21-42)65(55-29-22-43(38-54(55)63)57(4,5)6)51-35-46(58(7,8)9)34-50(39-51)64(47-23-16-40(17-24-47)52-36-44-30-32-61(52,14)59(44,10)11)48-25-18-41(19-26-48)53-37-45-31-33-62(53,15)60(45,12)13/h16-29,34-35,38-39,44-45,52-53H,30-33,36-37H2,1-15H3. The molecule has 0 aromatic heterocycles. The minimum Gasteiger partial charge on any atom is -0.310 e. The molecule has 6 atom stereocenters. The van der Waals surface area contributed by atoms with Gasteiger partial charge in [-0.15, -0.1) is 0 Å². The third kappa shape index (κ3) is 7.65. The van der Waals surface area contributed by atoms with Crippen LogP contribution < -0.4 is 9.80 Å². The van der Waals surface area contributed by atoms with Crippen LogP contribution in [0.2, 0.25) is 0 Å². The zero-order chi connectivity index (χ0) is 46.9. The second kappa shape index (κ2) is 15.6. The van der Waals surface area contributed by atoms with E-state index in [4.69, 9.17) is 0 Å². The average molecular weight is 932 g/mol. The topological polar surface area (TPSA) is 6.48 Å². The van der Waals surface area contributed by atoms with Gasteiger partial charge in [-0.05, 0) is 211 Å². The number of hydrogen-bond donors (Lipinski definition) is 0. The summed E-state index contributed by atoms with van der Waals surface area (Å²) in [6.07, 6.45) is 8.03. The Kier molecular flexibility index (Phi) is 11.1. The molecule has 0 spiro atoms. The summed E-state index contributed by atoms with van der Waals surface area (Å²) in [4.78, 5) is 5.02. The normalized spacial score (nSPS) is 26.8. The molecule has 0 amide bonds. The van der Waals surface area contributed by atoms with Crippen LogP contribution in [0.15, 0.2) is 114 Å². The third-order valence-corrected chi connectivity index (χ3v) is 19.7. The van der Waals surface area contributed by atoms with E-state index in [2.05, 4.69) is 239 Å². The van der Waals surface area contributed by atoms with E-state index in [0.29, 0.717) is 33.5 Å². The SMILES string of the molecule is CC(C)(C)c1ccc(N(c2cc(N(c3ccc(C4CC5CCC4(C)C5(C)C)cc3)c3ccc(C4CC5CCC4(C)C5(C)C)cc3)cc(C(C)(C)C)c2)c2ccc(C(C)(C)C)cc2Br)cc1. The van der Waals surface area contributed by atoms with Gasteiger partial charge in [-0.3, -0.25) is 0 Å². The summed E-state index contributed by atoms with van der Waals surface area (Å²) in [5.74, 6) is 2.82. The van der Waals surface area contributed by atoms with Crippen LogP contribution in [0.25, 0.3) is 0 Å². The second-order valence-electron chi connectivity index (χ2n) is 25.9. The lowest BCUT2D eigenvalue weighted by Gasteiger charge is -2.40. The van der Waals surface area contributed by atoms with E-state index in [-0.39, 0.29) is 16.2 Å². The molecule has 2 nitrogen and oxygen atoms in total. The molecule has 4 aliphatic rings. The maximum absolute atomic E-state index is 4.12. The van der Waals surface area contributed by atoms with E-state index in [1.54, 1.807) is 0 Å². The first kappa shape index (κ1) is 46.3. The predicted molar refractivity (Wildman–Crippen MR) is 284 cm³/mol. The van der Waals surface area contributed by atoms with E-state index < -0.39 is 0 Å². The van der Waals surface area contributed by atoms with Crippen molar-refractivity contribution in [3.63, 3.8) is 0 Å². The molecule has 0 radical (unpaired) electrons. The van der Waals surface area contributed by atoms with Gasteiger partial charge in [-0.25, -0.2) is 0 Å². The number of benzene rings is 5. The van der Waals surface area contributed by atoms with Gasteiger partial charge in [0.2, 0.25) is 0 Å². The van der Waals surface area contributed by atoms with Crippen LogP contribution in [-0.4, -0.2) is 0 Å². The number of halogens is 1. The number of nitrogens with zero attached hydrogens (tertiary/aromatic N) is 2. The molecule has 3 heteroatoms. The van der Waals surface area contributed by atoms with Crippen molar-refractivity contribution in [2.75, 3.05) is 9.80 Å². The first-order valence-corrected chi connectivity index (χ1v) is 25.9. The van der Waals surface area contributed by atoms with Gasteiger partial charge in [-0.2, -0.15) is 0 Å². The Morgan fingerprint density at radius 2 is 0.815 bits per heavy atom. The van der Waals surface area contributed by atoms with Gasteiger partial charge >= 0.3 is 0 Å². The fourth-order valence-electron chi connectivity index (χ4n) is 13.6. The van der Waals surface area contributed by atoms with Gasteiger partial charge in [0.25, 0.3) is 0 Å². The Bertz CT molecular complexity index is 2470. The minimum atomic E-state index is -0.104. The third-order valence-electron chi connectivity index (χ3n) is 19.0. The molecule has 65 heavy (non-hydrogen) atoms. The number of fused-ring (bicyclic) bond motifs is 4. The summed E-state index contributed by atoms with van der Waals surface area (Å²) in [5.41, 5.74) is 15.4. The van der Waals surface area contributed by atoms with Crippen LogP contribution in [0.3, 0.4) is 0 Å². The van der Waals surface area contributed by atoms with Crippen molar-refractivity contribution in [2.24, 2.45) is 33.5 Å². The van der Waals surface area contributed by atoms with Crippen molar-refractivity contribution < 1.29 is 0 Å². The van der Waals surface area contributed by atoms with Crippen LogP contribution in [0.5, 0.6) is 0 Å². The van der Waals surface area contributed by atoms with E-state index >= 15 is 0 Å². The van der Waals surface area contributed by atoms with Crippen molar-refractivity contribution in [1.29, 1.82) is 0 Å². The Hall–Kier alpha value is -3.82. The zero-order valence-electron chi connectivity index (χ0n) is 42.7. The lowest BCUT2D eigenvalue weighted by atomic mass is 9.65. The molecular formula is C62H79BrN2. The quantitative estimate of drug-likeness (QED) is 0.153. The second-order valence-corrected chi connectivity index (χ2v) is 26.7. The van der Waals surface area contributed by atoms with Crippen molar-refractivity contribution in [3.05, 3.63) is 141 Å². The Morgan fingerprint density at radius 3 is 1.18 bits per heavy atom. The monoisotopic (exact) mass is 931 g/mol. The number of rotatable bonds is 8. The van der Waals surface area contributed by atoms with Crippen molar-refractivity contribution in [1.82, 2.24) is 0 Å². The van der Waals surface area contributed by atoms with Crippen molar-refractivity contribution in [2.45, 2.75) is 170 Å². The molecule has 4 fully saturated rings. The highest BCUT2D eigenvalue weighted by molar-refractivity contribution is 9.10. The molecule has 5 aromatic rings. The highest BCUT2D eigenvalue weighted by Crippen LogP contribution is 2.72. The molecule has 0 aliphatic heterocycles. The van der Waals surface area contributed by atoms with Crippen LogP contribution >= 0.6 is 15.9 Å². The van der Waals surface area contributed by atoms with Gasteiger partial charge < -0.3 is 9.80 Å². The lowest BCUT2D eigenvalue weighted by molar-refractivity contribution is 0.134. The maximum atomic E-state index is 4.12. The van der Waals surface area contributed by atoms with Crippen molar-refractivity contribution in [3.8, 4) is 0 Å². The van der Waals surface area contributed by atoms with Crippen LogP contribution in [0, 0.1) is 33.5 Å². The highest BCUT2D eigenvalue weighted by atomic mass is 79.9. The predicted octanol–water partition coefficient (Wildman–Crippen LogP) is 19.1. The molecule has 6 unspecified atom stereocenters. The molecule has 4 aliphatic carbocycles. The fraction of sp³-hybridized carbons (Fsp3) is 0.516. The summed E-state index contributed by atoms with van der Waals surface area (Å²) >= 11 is 4.12. The molecule has 4 saturated carbocycles. The summed E-state index contributed by atoms with van der Waals surface area (Å²) in [6.45, 7) is 36.2. The first-order valence-electron chi connectivity index (χ1n) is 25.1. The average Bonchev–Trinajstić information content (AvgIpc) is 3.77. The van der Waals surface area contributed by atoms with E-state index in [1.165, 1.54) is 83.4 Å². The maximum Gasteiger partial charge on any atom is 0.0603 e. The molecular weight excluding hydrogens is 853 g/mol. The van der Waals surface area contributed by atoms with E-state index in [1.807, 2.05) is 0 Å². The number of hydrogen-bond acceptors (Lipinski definition) is 2. The molecule has 0 N–H and O–H groups in total. The smallest absolute Gasteiger partial charge is 0.0603 e. The van der Waals surface area contributed by atoms with E-state index in [9.17, 15) is 0 Å². The molecule has 9 rings (SSSR count). The van der Waals surface area contributed by atoms with Crippen LogP contribution in [0.4, 0.5) is 34.1 Å². The molecule has 0 heterocycles. The van der Waals surface area contributed by atoms with Gasteiger partial charge in [0.05, 0.1) is 5.69 Å². The minimum absolute atomic E-state index is 0.0295. The first-order chi connectivity index (χ1) is 30.2. The lowest BCUT2D eigenvalue weighted by Crippen LogP contribution is -2.31. The van der Waals surface area contributed by atoms with Gasteiger partial charge in [0.1, 0.15) is 0 Å². The molecule has 4 bridgehead atoms. The Morgan fingerprint density at radius 1 is 0.431 bits per heavy atom. The Labute approximate surface area is 403 Å². The highest BCUT2D eigenvalue weighted by Gasteiger charge is 2.62. The van der Waals surface area contributed by atoms with E-state index in [0.717, 1.165) is 33.4 Å². The zero-order valence-corrected chi connectivity index (χ0v) is 44.3. The van der Waals surface area contributed by atoms with Crippen LogP contribution in [-0.2, 0) is 16.2 Å². The van der Waals surface area contributed by atoms with Crippen LogP contribution in [0.1, 0.15) is 182 Å². The summed E-state index contributed by atoms with van der Waals surface area (Å²) in [6, 6.07) is 43.2. The summed E-state index contributed by atoms with van der Waals surface area (Å²) < 4.78 is 1.09. The Balaban J connectivity index is 1.21. The molecule has 5 aromatic carbocycles. The van der Waals surface area contributed by atoms with Gasteiger partial charge in [0.15, 0.2) is 0 Å².